The van der Waals surface area contributed by atoms with Gasteiger partial charge in [0.05, 0.1) is 4.92 Å². The quantitative estimate of drug-likeness (QED) is 0.387. The molecule has 0 aliphatic rings. The molecule has 0 bridgehead atoms. The summed E-state index contributed by atoms with van der Waals surface area (Å²) in [5.41, 5.74) is 1.20. The van der Waals surface area contributed by atoms with Crippen molar-refractivity contribution in [2.45, 2.75) is 6.42 Å². The van der Waals surface area contributed by atoms with Crippen molar-refractivity contribution in [1.29, 1.82) is 0 Å². The zero-order valence-corrected chi connectivity index (χ0v) is 9.06. The van der Waals surface area contributed by atoms with Crippen LogP contribution in [0.2, 0.25) is 0 Å². The van der Waals surface area contributed by atoms with Crippen molar-refractivity contribution in [3.8, 4) is 0 Å². The fraction of sp³-hybridized carbons (Fsp3) is 0.400. The van der Waals surface area contributed by atoms with E-state index in [0.29, 0.717) is 24.3 Å². The number of nitrogens with one attached hydrogen (secondary N) is 2. The molecule has 88 valence electrons. The third-order valence-electron chi connectivity index (χ3n) is 2.13. The third-order valence-corrected chi connectivity index (χ3v) is 2.13. The Morgan fingerprint density at radius 3 is 2.81 bits per heavy atom. The molecule has 6 nitrogen and oxygen atoms in total. The molecule has 0 atom stereocenters. The molecule has 0 aromatic heterocycles. The SMILES string of the molecule is CNc1ccc(NCCCO)c([N+](=O)[O-])c1. The summed E-state index contributed by atoms with van der Waals surface area (Å²) >= 11 is 0. The van der Waals surface area contributed by atoms with Gasteiger partial charge in [-0.15, -0.1) is 0 Å². The molecule has 0 aliphatic carbocycles. The zero-order valence-electron chi connectivity index (χ0n) is 9.06. The first-order chi connectivity index (χ1) is 7.69. The Morgan fingerprint density at radius 1 is 1.50 bits per heavy atom. The van der Waals surface area contributed by atoms with Gasteiger partial charge in [0.2, 0.25) is 0 Å². The molecule has 0 saturated carbocycles. The summed E-state index contributed by atoms with van der Waals surface area (Å²) in [6.07, 6.45) is 0.560. The van der Waals surface area contributed by atoms with Crippen molar-refractivity contribution in [2.75, 3.05) is 30.8 Å². The standard InChI is InChI=1S/C10H15N3O3/c1-11-8-3-4-9(12-5-2-6-14)10(7-8)13(15)16/h3-4,7,11-12,14H,2,5-6H2,1H3. The van der Waals surface area contributed by atoms with Gasteiger partial charge in [0, 0.05) is 32.0 Å². The molecule has 1 aromatic rings. The van der Waals surface area contributed by atoms with Gasteiger partial charge in [-0.3, -0.25) is 10.1 Å². The number of hydrogen-bond acceptors (Lipinski definition) is 5. The van der Waals surface area contributed by atoms with Crippen molar-refractivity contribution in [3.63, 3.8) is 0 Å². The van der Waals surface area contributed by atoms with E-state index in [1.165, 1.54) is 6.07 Å². The maximum absolute atomic E-state index is 10.8. The predicted molar refractivity (Wildman–Crippen MR) is 62.8 cm³/mol. The van der Waals surface area contributed by atoms with Gasteiger partial charge in [-0.1, -0.05) is 0 Å². The Labute approximate surface area is 93.4 Å². The van der Waals surface area contributed by atoms with Gasteiger partial charge in [-0.25, -0.2) is 0 Å². The fourth-order valence-electron chi connectivity index (χ4n) is 1.29. The molecule has 0 amide bonds. The van der Waals surface area contributed by atoms with E-state index in [-0.39, 0.29) is 12.3 Å². The van der Waals surface area contributed by atoms with E-state index < -0.39 is 4.92 Å². The van der Waals surface area contributed by atoms with Crippen LogP contribution in [0.5, 0.6) is 0 Å². The molecule has 0 saturated heterocycles. The van der Waals surface area contributed by atoms with Gasteiger partial charge in [-0.05, 0) is 18.6 Å². The number of aliphatic hydroxyl groups is 1. The van der Waals surface area contributed by atoms with Crippen LogP contribution >= 0.6 is 0 Å². The molecular formula is C10H15N3O3. The van der Waals surface area contributed by atoms with Crippen LogP contribution in [0.1, 0.15) is 6.42 Å². The number of rotatable bonds is 6. The summed E-state index contributed by atoms with van der Waals surface area (Å²) in [6, 6.07) is 4.89. The number of nitro benzene ring substituents is 1. The van der Waals surface area contributed by atoms with Crippen molar-refractivity contribution in [3.05, 3.63) is 28.3 Å². The minimum absolute atomic E-state index is 0.0322. The van der Waals surface area contributed by atoms with Crippen molar-refractivity contribution < 1.29 is 10.0 Å². The third kappa shape index (κ3) is 3.09. The molecule has 0 spiro atoms. The van der Waals surface area contributed by atoms with Crippen molar-refractivity contribution in [1.82, 2.24) is 0 Å². The topological polar surface area (TPSA) is 87.4 Å². The lowest BCUT2D eigenvalue weighted by molar-refractivity contribution is -0.383. The Balaban J connectivity index is 2.85. The summed E-state index contributed by atoms with van der Waals surface area (Å²) in [5.74, 6) is 0. The van der Waals surface area contributed by atoms with Crippen LogP contribution in [0, 0.1) is 10.1 Å². The summed E-state index contributed by atoms with van der Waals surface area (Å²) in [7, 11) is 1.71. The highest BCUT2D eigenvalue weighted by Gasteiger charge is 2.13. The molecule has 0 heterocycles. The number of hydrogen-bond donors (Lipinski definition) is 3. The summed E-state index contributed by atoms with van der Waals surface area (Å²) in [6.45, 7) is 0.575. The summed E-state index contributed by atoms with van der Waals surface area (Å²) in [4.78, 5) is 10.4. The van der Waals surface area contributed by atoms with Crippen LogP contribution in [-0.4, -0.2) is 30.2 Å². The molecule has 16 heavy (non-hydrogen) atoms. The average molecular weight is 225 g/mol. The smallest absolute Gasteiger partial charge is 0.294 e. The Kier molecular flexibility index (Phi) is 4.53. The van der Waals surface area contributed by atoms with Crippen LogP contribution in [0.3, 0.4) is 0 Å². The monoisotopic (exact) mass is 225 g/mol. The molecule has 0 unspecified atom stereocenters. The molecule has 0 aliphatic heterocycles. The van der Waals surface area contributed by atoms with Crippen LogP contribution in [0.15, 0.2) is 18.2 Å². The van der Waals surface area contributed by atoms with Crippen LogP contribution in [0.25, 0.3) is 0 Å². The average Bonchev–Trinajstić information content (AvgIpc) is 2.29. The van der Waals surface area contributed by atoms with Crippen LogP contribution < -0.4 is 10.6 Å². The number of anilines is 2. The molecule has 0 radical (unpaired) electrons. The first kappa shape index (κ1) is 12.3. The maximum atomic E-state index is 10.8. The van der Waals surface area contributed by atoms with Gasteiger partial charge in [-0.2, -0.15) is 0 Å². The van der Waals surface area contributed by atoms with Gasteiger partial charge in [0.15, 0.2) is 0 Å². The van der Waals surface area contributed by atoms with E-state index in [0.717, 1.165) is 0 Å². The van der Waals surface area contributed by atoms with Crippen LogP contribution in [-0.2, 0) is 0 Å². The predicted octanol–water partition coefficient (Wildman–Crippen LogP) is 1.43. The molecule has 0 fully saturated rings. The lowest BCUT2D eigenvalue weighted by Gasteiger charge is -2.07. The van der Waals surface area contributed by atoms with Crippen LogP contribution in [0.4, 0.5) is 17.1 Å². The van der Waals surface area contributed by atoms with E-state index in [1.54, 1.807) is 19.2 Å². The van der Waals surface area contributed by atoms with E-state index in [4.69, 9.17) is 5.11 Å². The van der Waals surface area contributed by atoms with E-state index in [2.05, 4.69) is 10.6 Å². The minimum atomic E-state index is -0.428. The second-order valence-electron chi connectivity index (χ2n) is 3.24. The second-order valence-corrected chi connectivity index (χ2v) is 3.24. The number of nitrogens with zero attached hydrogens (tertiary/aromatic N) is 1. The molecule has 1 rings (SSSR count). The lowest BCUT2D eigenvalue weighted by atomic mass is 10.2. The summed E-state index contributed by atoms with van der Waals surface area (Å²) in [5, 5.41) is 25.2. The zero-order chi connectivity index (χ0) is 12.0. The van der Waals surface area contributed by atoms with Gasteiger partial charge < -0.3 is 15.7 Å². The highest BCUT2D eigenvalue weighted by molar-refractivity contribution is 5.67. The van der Waals surface area contributed by atoms with Crippen molar-refractivity contribution in [2.24, 2.45) is 0 Å². The number of benzene rings is 1. The number of aliphatic hydroxyl groups excluding tert-OH is 1. The summed E-state index contributed by atoms with van der Waals surface area (Å²) < 4.78 is 0. The number of nitro groups is 1. The Bertz CT molecular complexity index is 368. The first-order valence-corrected chi connectivity index (χ1v) is 5.00. The largest absolute Gasteiger partial charge is 0.396 e. The van der Waals surface area contributed by atoms with E-state index in [9.17, 15) is 10.1 Å². The molecule has 3 N–H and O–H groups in total. The molecule has 1 aromatic carbocycles. The van der Waals surface area contributed by atoms with Crippen molar-refractivity contribution >= 4 is 17.1 Å². The maximum Gasteiger partial charge on any atom is 0.294 e. The Hall–Kier alpha value is -1.82. The minimum Gasteiger partial charge on any atom is -0.396 e. The Morgan fingerprint density at radius 2 is 2.25 bits per heavy atom. The first-order valence-electron chi connectivity index (χ1n) is 5.00. The van der Waals surface area contributed by atoms with Gasteiger partial charge >= 0.3 is 0 Å². The fourth-order valence-corrected chi connectivity index (χ4v) is 1.29. The molecule has 6 heteroatoms. The highest BCUT2D eigenvalue weighted by atomic mass is 16.6. The van der Waals surface area contributed by atoms with Gasteiger partial charge in [0.1, 0.15) is 5.69 Å². The molecular weight excluding hydrogens is 210 g/mol. The van der Waals surface area contributed by atoms with E-state index in [1.807, 2.05) is 0 Å². The second kappa shape index (κ2) is 5.92. The van der Waals surface area contributed by atoms with Gasteiger partial charge in [0.25, 0.3) is 5.69 Å². The van der Waals surface area contributed by atoms with E-state index >= 15 is 0 Å². The normalized spacial score (nSPS) is 9.88. The lowest BCUT2D eigenvalue weighted by Crippen LogP contribution is -2.06. The highest BCUT2D eigenvalue weighted by Crippen LogP contribution is 2.27.